The van der Waals surface area contributed by atoms with E-state index in [-0.39, 0.29) is 16.4 Å². The molecule has 2 aromatic carbocycles. The van der Waals surface area contributed by atoms with Crippen LogP contribution in [-0.4, -0.2) is 29.2 Å². The molecule has 0 spiro atoms. The Morgan fingerprint density at radius 1 is 1.09 bits per heavy atom. The number of halogens is 1. The molecule has 4 rings (SSSR count). The Bertz CT molecular complexity index is 1390. The fourth-order valence-corrected chi connectivity index (χ4v) is 3.36. The molecule has 0 saturated carbocycles. The van der Waals surface area contributed by atoms with Gasteiger partial charge in [0, 0.05) is 29.8 Å². The van der Waals surface area contributed by atoms with E-state index in [0.717, 1.165) is 0 Å². The highest BCUT2D eigenvalue weighted by atomic mass is 35.5. The predicted octanol–water partition coefficient (Wildman–Crippen LogP) is 4.23. The number of aryl methyl sites for hydroxylation is 1. The van der Waals surface area contributed by atoms with E-state index >= 15 is 0 Å². The summed E-state index contributed by atoms with van der Waals surface area (Å²) in [6.45, 7) is 1.71. The van der Waals surface area contributed by atoms with Gasteiger partial charge in [0.05, 0.1) is 28.9 Å². The lowest BCUT2D eigenvalue weighted by molar-refractivity contribution is 0.0950. The number of amides is 3. The second-order valence-electron chi connectivity index (χ2n) is 7.00. The molecule has 0 aliphatic heterocycles. The van der Waals surface area contributed by atoms with Crippen molar-refractivity contribution in [2.45, 2.75) is 6.92 Å². The summed E-state index contributed by atoms with van der Waals surface area (Å²) in [6.07, 6.45) is 1.56. The maximum absolute atomic E-state index is 12.2. The SMILES string of the molecule is COc1cc2nccc(Oc3ccc(NC(=O)Nc4cc(C)on4)c(Cl)c3)c2cc1C(=O)NN. The molecule has 3 amide bonds. The lowest BCUT2D eigenvalue weighted by Crippen LogP contribution is -2.30. The number of pyridine rings is 1. The van der Waals surface area contributed by atoms with Crippen molar-refractivity contribution in [2.24, 2.45) is 5.84 Å². The largest absolute Gasteiger partial charge is 0.496 e. The van der Waals surface area contributed by atoms with Crippen LogP contribution >= 0.6 is 11.6 Å². The Morgan fingerprint density at radius 3 is 2.59 bits per heavy atom. The number of fused-ring (bicyclic) bond motifs is 1. The summed E-state index contributed by atoms with van der Waals surface area (Å²) >= 11 is 6.34. The molecule has 0 unspecified atom stereocenters. The lowest BCUT2D eigenvalue weighted by Gasteiger charge is -2.13. The first-order chi connectivity index (χ1) is 16.4. The highest BCUT2D eigenvalue weighted by molar-refractivity contribution is 6.34. The summed E-state index contributed by atoms with van der Waals surface area (Å²) in [5.74, 6) is 6.74. The molecule has 174 valence electrons. The third kappa shape index (κ3) is 4.85. The number of nitrogens with zero attached hydrogens (tertiary/aromatic N) is 2. The predicted molar refractivity (Wildman–Crippen MR) is 125 cm³/mol. The van der Waals surface area contributed by atoms with E-state index in [1.807, 2.05) is 0 Å². The number of anilines is 2. The molecule has 0 atom stereocenters. The standard InChI is InChI=1S/C22H19ClN6O5/c1-11-7-20(29-34-11)27-22(31)26-16-4-3-12(8-15(16)23)33-18-5-6-25-17-10-19(32-2)14(9-13(17)18)21(30)28-24/h3-10H,24H2,1-2H3,(H,28,30)(H2,26,27,29,31). The van der Waals surface area contributed by atoms with Gasteiger partial charge < -0.3 is 19.3 Å². The van der Waals surface area contributed by atoms with Crippen molar-refractivity contribution in [2.75, 3.05) is 17.7 Å². The van der Waals surface area contributed by atoms with E-state index in [2.05, 4.69) is 26.2 Å². The van der Waals surface area contributed by atoms with Crippen LogP contribution in [0, 0.1) is 6.92 Å². The number of nitrogen functional groups attached to an aromatic ring is 1. The van der Waals surface area contributed by atoms with E-state index in [1.54, 1.807) is 55.6 Å². The second kappa shape index (κ2) is 9.65. The summed E-state index contributed by atoms with van der Waals surface area (Å²) in [6, 6.07) is 10.6. The topological polar surface area (TPSA) is 154 Å². The van der Waals surface area contributed by atoms with Gasteiger partial charge in [-0.2, -0.15) is 0 Å². The smallest absolute Gasteiger partial charge is 0.324 e. The maximum Gasteiger partial charge on any atom is 0.324 e. The molecule has 5 N–H and O–H groups in total. The first-order valence-electron chi connectivity index (χ1n) is 9.84. The van der Waals surface area contributed by atoms with E-state index in [9.17, 15) is 9.59 Å². The molecule has 0 fully saturated rings. The highest BCUT2D eigenvalue weighted by Crippen LogP contribution is 2.35. The second-order valence-corrected chi connectivity index (χ2v) is 7.41. The van der Waals surface area contributed by atoms with Gasteiger partial charge in [-0.15, -0.1) is 0 Å². The first kappa shape index (κ1) is 22.8. The van der Waals surface area contributed by atoms with Crippen LogP contribution in [0.25, 0.3) is 10.9 Å². The van der Waals surface area contributed by atoms with Crippen molar-refractivity contribution in [3.63, 3.8) is 0 Å². The molecular weight excluding hydrogens is 464 g/mol. The van der Waals surface area contributed by atoms with Crippen LogP contribution in [-0.2, 0) is 0 Å². The Hall–Kier alpha value is -4.35. The summed E-state index contributed by atoms with van der Waals surface area (Å²) in [5, 5.41) is 9.66. The highest BCUT2D eigenvalue weighted by Gasteiger charge is 2.16. The van der Waals surface area contributed by atoms with Gasteiger partial charge in [-0.05, 0) is 31.2 Å². The average Bonchev–Trinajstić information content (AvgIpc) is 3.23. The van der Waals surface area contributed by atoms with Crippen molar-refractivity contribution >= 4 is 45.9 Å². The van der Waals surface area contributed by atoms with Crippen molar-refractivity contribution in [1.82, 2.24) is 15.6 Å². The number of urea groups is 1. The number of carbonyl (C=O) groups is 2. The van der Waals surface area contributed by atoms with Crippen molar-refractivity contribution in [1.29, 1.82) is 0 Å². The maximum atomic E-state index is 12.2. The van der Waals surface area contributed by atoms with Crippen molar-refractivity contribution in [3.05, 3.63) is 65.0 Å². The van der Waals surface area contributed by atoms with Crippen molar-refractivity contribution < 1.29 is 23.6 Å². The molecule has 0 radical (unpaired) electrons. The van der Waals surface area contributed by atoms with Crippen LogP contribution in [0.15, 0.2) is 53.2 Å². The van der Waals surface area contributed by atoms with Gasteiger partial charge in [0.1, 0.15) is 23.0 Å². The number of aromatic nitrogens is 2. The zero-order valence-electron chi connectivity index (χ0n) is 18.0. The number of nitrogens with two attached hydrogens (primary N) is 1. The minimum atomic E-state index is -0.538. The van der Waals surface area contributed by atoms with Gasteiger partial charge in [-0.3, -0.25) is 20.5 Å². The van der Waals surface area contributed by atoms with E-state index in [0.29, 0.717) is 39.6 Å². The quantitative estimate of drug-likeness (QED) is 0.181. The molecule has 12 heteroatoms. The van der Waals surface area contributed by atoms with Gasteiger partial charge in [-0.25, -0.2) is 10.6 Å². The fraction of sp³-hybridized carbons (Fsp3) is 0.0909. The number of methoxy groups -OCH3 is 1. The van der Waals surface area contributed by atoms with Crippen LogP contribution in [0.4, 0.5) is 16.3 Å². The van der Waals surface area contributed by atoms with Gasteiger partial charge in [0.25, 0.3) is 5.91 Å². The number of carbonyl (C=O) groups excluding carboxylic acids is 2. The summed E-state index contributed by atoms with van der Waals surface area (Å²) in [5.41, 5.74) is 3.22. The summed E-state index contributed by atoms with van der Waals surface area (Å²) in [7, 11) is 1.44. The molecule has 11 nitrogen and oxygen atoms in total. The molecule has 0 aliphatic carbocycles. The van der Waals surface area contributed by atoms with Crippen LogP contribution in [0.3, 0.4) is 0 Å². The van der Waals surface area contributed by atoms with Crippen LogP contribution in [0.5, 0.6) is 17.2 Å². The summed E-state index contributed by atoms with van der Waals surface area (Å²) < 4.78 is 16.2. The number of hydrogen-bond acceptors (Lipinski definition) is 8. The fourth-order valence-electron chi connectivity index (χ4n) is 3.14. The van der Waals surface area contributed by atoms with Crippen LogP contribution < -0.4 is 31.4 Å². The number of hydrazine groups is 1. The summed E-state index contributed by atoms with van der Waals surface area (Å²) in [4.78, 5) is 28.6. The third-order valence-electron chi connectivity index (χ3n) is 4.68. The number of rotatable bonds is 6. The van der Waals surface area contributed by atoms with Crippen molar-refractivity contribution in [3.8, 4) is 17.2 Å². The van der Waals surface area contributed by atoms with E-state index < -0.39 is 11.9 Å². The molecule has 4 aromatic rings. The minimum Gasteiger partial charge on any atom is -0.496 e. The number of ether oxygens (including phenoxy) is 2. The van der Waals surface area contributed by atoms with E-state index in [1.165, 1.54) is 7.11 Å². The molecule has 0 aliphatic rings. The van der Waals surface area contributed by atoms with Gasteiger partial charge >= 0.3 is 6.03 Å². The minimum absolute atomic E-state index is 0.223. The normalized spacial score (nSPS) is 10.6. The molecule has 2 heterocycles. The Kier molecular flexibility index (Phi) is 6.48. The van der Waals surface area contributed by atoms with E-state index in [4.69, 9.17) is 31.4 Å². The average molecular weight is 483 g/mol. The third-order valence-corrected chi connectivity index (χ3v) is 5.00. The molecule has 34 heavy (non-hydrogen) atoms. The number of nitrogens with one attached hydrogen (secondary N) is 3. The van der Waals surface area contributed by atoms with Crippen LogP contribution in [0.1, 0.15) is 16.1 Å². The monoisotopic (exact) mass is 482 g/mol. The van der Waals surface area contributed by atoms with Gasteiger partial charge in [0.2, 0.25) is 0 Å². The zero-order chi connectivity index (χ0) is 24.2. The first-order valence-corrected chi connectivity index (χ1v) is 10.2. The number of hydrogen-bond donors (Lipinski definition) is 4. The zero-order valence-corrected chi connectivity index (χ0v) is 18.8. The van der Waals surface area contributed by atoms with Gasteiger partial charge in [0.15, 0.2) is 5.82 Å². The Labute approximate surface area is 198 Å². The number of benzene rings is 2. The Morgan fingerprint density at radius 2 is 1.91 bits per heavy atom. The molecular formula is C22H19ClN6O5. The lowest BCUT2D eigenvalue weighted by atomic mass is 10.1. The van der Waals surface area contributed by atoms with Crippen LogP contribution in [0.2, 0.25) is 5.02 Å². The molecule has 0 saturated heterocycles. The van der Waals surface area contributed by atoms with Gasteiger partial charge in [-0.1, -0.05) is 16.8 Å². The molecule has 0 bridgehead atoms. The molecule has 2 aromatic heterocycles. The Balaban J connectivity index is 1.56.